The third-order valence-corrected chi connectivity index (χ3v) is 4.63. The molecule has 0 bridgehead atoms. The quantitative estimate of drug-likeness (QED) is 0.716. The smallest absolute Gasteiger partial charge is 0.267 e. The summed E-state index contributed by atoms with van der Waals surface area (Å²) in [7, 11) is 5.47. The molecule has 1 aliphatic rings. The number of nitrogens with one attached hydrogen (secondary N) is 1. The molecule has 1 heterocycles. The lowest BCUT2D eigenvalue weighted by Gasteiger charge is -2.34. The average Bonchev–Trinajstić information content (AvgIpc) is 2.73. The summed E-state index contributed by atoms with van der Waals surface area (Å²) in [6.07, 6.45) is -0.545. The molecule has 0 spiro atoms. The van der Waals surface area contributed by atoms with Crippen molar-refractivity contribution < 1.29 is 23.8 Å². The number of benzene rings is 2. The van der Waals surface area contributed by atoms with E-state index in [0.717, 1.165) is 0 Å². The van der Waals surface area contributed by atoms with Gasteiger partial charge in [-0.05, 0) is 51.4 Å². The van der Waals surface area contributed by atoms with Crippen LogP contribution in [0.25, 0.3) is 0 Å². The molecule has 1 aliphatic heterocycles. The zero-order valence-corrected chi connectivity index (χ0v) is 17.7. The fraction of sp³-hybridized carbons (Fsp3) is 0.364. The molecule has 8 nitrogen and oxygen atoms in total. The molecule has 0 saturated carbocycles. The van der Waals surface area contributed by atoms with Gasteiger partial charge in [0.05, 0.1) is 12.8 Å². The first-order valence-electron chi connectivity index (χ1n) is 9.71. The Bertz CT molecular complexity index is 915. The molecule has 0 fully saturated rings. The highest BCUT2D eigenvalue weighted by atomic mass is 16.5. The number of ether oxygens (including phenoxy) is 3. The van der Waals surface area contributed by atoms with Crippen LogP contribution in [-0.2, 0) is 9.59 Å². The molecule has 2 amide bonds. The molecule has 0 aromatic heterocycles. The van der Waals surface area contributed by atoms with Crippen molar-refractivity contribution in [1.29, 1.82) is 0 Å². The number of likely N-dealkylation sites (N-methyl/N-ethyl adjacent to an activating group) is 1. The first-order chi connectivity index (χ1) is 14.4. The van der Waals surface area contributed by atoms with Gasteiger partial charge in [-0.25, -0.2) is 0 Å². The number of amides is 2. The molecule has 0 aliphatic carbocycles. The Morgan fingerprint density at radius 3 is 2.70 bits per heavy atom. The van der Waals surface area contributed by atoms with E-state index in [1.165, 1.54) is 0 Å². The number of fused-ring (bicyclic) bond motifs is 1. The Labute approximate surface area is 176 Å². The molecule has 160 valence electrons. The van der Waals surface area contributed by atoms with Crippen molar-refractivity contribution in [1.82, 2.24) is 4.90 Å². The lowest BCUT2D eigenvalue weighted by atomic mass is 10.1. The lowest BCUT2D eigenvalue weighted by Crippen LogP contribution is -2.46. The summed E-state index contributed by atoms with van der Waals surface area (Å²) in [6, 6.07) is 12.3. The van der Waals surface area contributed by atoms with Crippen molar-refractivity contribution in [2.75, 3.05) is 51.1 Å². The molecule has 8 heteroatoms. The summed E-state index contributed by atoms with van der Waals surface area (Å²) in [5, 5.41) is 2.80. The predicted molar refractivity (Wildman–Crippen MR) is 115 cm³/mol. The number of nitrogens with zero attached hydrogens (tertiary/aromatic N) is 2. The van der Waals surface area contributed by atoms with E-state index in [0.29, 0.717) is 41.7 Å². The molecular weight excluding hydrogens is 386 g/mol. The molecule has 30 heavy (non-hydrogen) atoms. The van der Waals surface area contributed by atoms with Gasteiger partial charge in [0.2, 0.25) is 0 Å². The molecule has 2 aromatic carbocycles. The van der Waals surface area contributed by atoms with E-state index >= 15 is 0 Å². The minimum Gasteiger partial charge on any atom is -0.497 e. The molecule has 2 aromatic rings. The maximum absolute atomic E-state index is 12.6. The minimum absolute atomic E-state index is 0.103. The Morgan fingerprint density at radius 2 is 1.97 bits per heavy atom. The molecule has 0 radical (unpaired) electrons. The average molecular weight is 413 g/mol. The first-order valence-corrected chi connectivity index (χ1v) is 9.71. The number of hydrogen-bond donors (Lipinski definition) is 1. The number of carbonyl (C=O) groups is 2. The van der Waals surface area contributed by atoms with E-state index in [-0.39, 0.29) is 18.4 Å². The Morgan fingerprint density at radius 1 is 1.20 bits per heavy atom. The summed E-state index contributed by atoms with van der Waals surface area (Å²) in [4.78, 5) is 28.7. The van der Waals surface area contributed by atoms with Crippen molar-refractivity contribution >= 4 is 23.2 Å². The molecule has 0 saturated heterocycles. The van der Waals surface area contributed by atoms with Crippen LogP contribution >= 0.6 is 0 Å². The maximum Gasteiger partial charge on any atom is 0.267 e. The fourth-order valence-electron chi connectivity index (χ4n) is 3.05. The van der Waals surface area contributed by atoms with E-state index in [2.05, 4.69) is 5.32 Å². The van der Waals surface area contributed by atoms with Crippen LogP contribution < -0.4 is 24.4 Å². The monoisotopic (exact) mass is 413 g/mol. The summed E-state index contributed by atoms with van der Waals surface area (Å²) < 4.78 is 16.4. The molecule has 1 unspecified atom stereocenters. The highest BCUT2D eigenvalue weighted by Gasteiger charge is 2.31. The van der Waals surface area contributed by atoms with Crippen molar-refractivity contribution in [2.45, 2.75) is 13.0 Å². The highest BCUT2D eigenvalue weighted by Crippen LogP contribution is 2.36. The van der Waals surface area contributed by atoms with Crippen LogP contribution in [0.5, 0.6) is 17.2 Å². The van der Waals surface area contributed by atoms with Crippen molar-refractivity contribution in [2.24, 2.45) is 0 Å². The van der Waals surface area contributed by atoms with Crippen LogP contribution in [0.1, 0.15) is 6.92 Å². The highest BCUT2D eigenvalue weighted by molar-refractivity contribution is 6.01. The third-order valence-electron chi connectivity index (χ3n) is 4.63. The van der Waals surface area contributed by atoms with Crippen molar-refractivity contribution in [3.63, 3.8) is 0 Å². The molecule has 1 N–H and O–H groups in total. The van der Waals surface area contributed by atoms with Crippen molar-refractivity contribution in [3.05, 3.63) is 42.5 Å². The van der Waals surface area contributed by atoms with Gasteiger partial charge in [-0.1, -0.05) is 6.07 Å². The number of carbonyl (C=O) groups excluding carboxylic acids is 2. The van der Waals surface area contributed by atoms with Crippen LogP contribution in [0.3, 0.4) is 0 Å². The van der Waals surface area contributed by atoms with Crippen LogP contribution in [0.15, 0.2) is 42.5 Å². The standard InChI is InChI=1S/C22H27N3O5/c1-15-22(27)25(11-10-24(2)3)19-12-16(8-9-20(19)30-15)23-21(26)14-29-18-7-5-6-17(13-18)28-4/h5-9,12-13,15H,10-11,14H2,1-4H3,(H,23,26). The zero-order valence-electron chi connectivity index (χ0n) is 17.7. The predicted octanol–water partition coefficient (Wildman–Crippen LogP) is 2.39. The van der Waals surface area contributed by atoms with Gasteiger partial charge in [0.1, 0.15) is 17.2 Å². The molecule has 3 rings (SSSR count). The van der Waals surface area contributed by atoms with Gasteiger partial charge in [-0.15, -0.1) is 0 Å². The van der Waals surface area contributed by atoms with Crippen LogP contribution in [0.4, 0.5) is 11.4 Å². The first kappa shape index (κ1) is 21.4. The fourth-order valence-corrected chi connectivity index (χ4v) is 3.05. The SMILES string of the molecule is COc1cccc(OCC(=O)Nc2ccc3c(c2)N(CCN(C)C)C(=O)C(C)O3)c1. The second kappa shape index (κ2) is 9.49. The van der Waals surface area contributed by atoms with Crippen LogP contribution in [-0.4, -0.2) is 63.7 Å². The second-order valence-corrected chi connectivity index (χ2v) is 7.25. The Hall–Kier alpha value is -3.26. The van der Waals surface area contributed by atoms with Gasteiger partial charge in [0.15, 0.2) is 12.7 Å². The number of methoxy groups -OCH3 is 1. The summed E-state index contributed by atoms with van der Waals surface area (Å²) in [5.74, 6) is 1.40. The van der Waals surface area contributed by atoms with Crippen LogP contribution in [0, 0.1) is 0 Å². The van der Waals surface area contributed by atoms with Crippen molar-refractivity contribution in [3.8, 4) is 17.2 Å². The van der Waals surface area contributed by atoms with Crippen LogP contribution in [0.2, 0.25) is 0 Å². The van der Waals surface area contributed by atoms with Gasteiger partial charge in [0.25, 0.3) is 11.8 Å². The largest absolute Gasteiger partial charge is 0.497 e. The summed E-state index contributed by atoms with van der Waals surface area (Å²) >= 11 is 0. The zero-order chi connectivity index (χ0) is 21.7. The Balaban J connectivity index is 1.68. The van der Waals surface area contributed by atoms with E-state index in [4.69, 9.17) is 14.2 Å². The van der Waals surface area contributed by atoms with Gasteiger partial charge in [0, 0.05) is 24.8 Å². The van der Waals surface area contributed by atoms with Gasteiger partial charge in [-0.2, -0.15) is 0 Å². The number of rotatable bonds is 8. The topological polar surface area (TPSA) is 80.3 Å². The molecule has 1 atom stereocenters. The van der Waals surface area contributed by atoms with E-state index in [9.17, 15) is 9.59 Å². The van der Waals surface area contributed by atoms with E-state index in [1.54, 1.807) is 61.4 Å². The summed E-state index contributed by atoms with van der Waals surface area (Å²) in [6.45, 7) is 2.83. The van der Waals surface area contributed by atoms with E-state index in [1.807, 2.05) is 19.0 Å². The van der Waals surface area contributed by atoms with E-state index < -0.39 is 6.10 Å². The van der Waals surface area contributed by atoms with Gasteiger partial charge in [-0.3, -0.25) is 9.59 Å². The maximum atomic E-state index is 12.6. The van der Waals surface area contributed by atoms with Gasteiger partial charge < -0.3 is 29.3 Å². The second-order valence-electron chi connectivity index (χ2n) is 7.25. The normalized spacial score (nSPS) is 15.4. The minimum atomic E-state index is -0.545. The Kier molecular flexibility index (Phi) is 6.79. The third kappa shape index (κ3) is 5.21. The lowest BCUT2D eigenvalue weighted by molar-refractivity contribution is -0.125. The number of hydrogen-bond acceptors (Lipinski definition) is 6. The summed E-state index contributed by atoms with van der Waals surface area (Å²) in [5.41, 5.74) is 1.21. The van der Waals surface area contributed by atoms with Gasteiger partial charge >= 0.3 is 0 Å². The molecular formula is C22H27N3O5. The number of anilines is 2.